The minimum absolute atomic E-state index is 0.0316. The van der Waals surface area contributed by atoms with E-state index >= 15 is 0 Å². The van der Waals surface area contributed by atoms with E-state index in [0.29, 0.717) is 16.2 Å². The lowest BCUT2D eigenvalue weighted by atomic mass is 10.2. The second kappa shape index (κ2) is 7.38. The molecule has 0 amide bonds. The van der Waals surface area contributed by atoms with Gasteiger partial charge in [0.1, 0.15) is 5.76 Å². The number of hydrogen-bond donors (Lipinski definition) is 0. The number of benzene rings is 3. The van der Waals surface area contributed by atoms with Crippen molar-refractivity contribution in [1.29, 1.82) is 0 Å². The Balaban J connectivity index is 1.97. The van der Waals surface area contributed by atoms with Crippen LogP contribution in [0.3, 0.4) is 0 Å². The summed E-state index contributed by atoms with van der Waals surface area (Å²) in [6.45, 7) is 3.87. The lowest BCUT2D eigenvalue weighted by Gasteiger charge is -2.21. The Labute approximate surface area is 151 Å². The Morgan fingerprint density at radius 2 is 1.31 bits per heavy atom. The lowest BCUT2D eigenvalue weighted by Crippen LogP contribution is -2.17. The SMILES string of the molecule is C=C(OP(=O)(c1ccccc1)c1ccccc1)c1ccc([N+](=O)[O-])cc1. The first kappa shape index (κ1) is 17.6. The molecular formula is C20H16NO4P. The van der Waals surface area contributed by atoms with Crippen LogP contribution in [0.15, 0.2) is 91.5 Å². The molecule has 0 bridgehead atoms. The molecule has 0 aromatic heterocycles. The van der Waals surface area contributed by atoms with E-state index in [0.717, 1.165) is 0 Å². The minimum atomic E-state index is -3.41. The van der Waals surface area contributed by atoms with Gasteiger partial charge >= 0.3 is 7.37 Å². The van der Waals surface area contributed by atoms with Crippen molar-refractivity contribution < 1.29 is 14.0 Å². The van der Waals surface area contributed by atoms with Gasteiger partial charge in [-0.3, -0.25) is 14.7 Å². The largest absolute Gasteiger partial charge is 0.437 e. The number of non-ortho nitro benzene ring substituents is 1. The molecule has 26 heavy (non-hydrogen) atoms. The zero-order chi connectivity index (χ0) is 18.6. The topological polar surface area (TPSA) is 69.4 Å². The fourth-order valence-corrected chi connectivity index (χ4v) is 4.53. The second-order valence-electron chi connectivity index (χ2n) is 5.54. The molecule has 0 saturated heterocycles. The van der Waals surface area contributed by atoms with Gasteiger partial charge in [0.2, 0.25) is 0 Å². The second-order valence-corrected chi connectivity index (χ2v) is 7.86. The maximum Gasteiger partial charge on any atom is 0.306 e. The van der Waals surface area contributed by atoms with E-state index < -0.39 is 12.3 Å². The van der Waals surface area contributed by atoms with Crippen molar-refractivity contribution in [3.8, 4) is 0 Å². The molecule has 6 heteroatoms. The summed E-state index contributed by atoms with van der Waals surface area (Å²) in [6.07, 6.45) is 0. The van der Waals surface area contributed by atoms with E-state index in [1.54, 1.807) is 48.5 Å². The van der Waals surface area contributed by atoms with Gasteiger partial charge in [-0.1, -0.05) is 43.0 Å². The molecule has 5 nitrogen and oxygen atoms in total. The van der Waals surface area contributed by atoms with Crippen molar-refractivity contribution in [2.24, 2.45) is 0 Å². The number of nitro benzene ring substituents is 1. The number of rotatable bonds is 6. The van der Waals surface area contributed by atoms with E-state index in [2.05, 4.69) is 6.58 Å². The van der Waals surface area contributed by atoms with Crippen molar-refractivity contribution in [3.05, 3.63) is 107 Å². The van der Waals surface area contributed by atoms with Crippen LogP contribution < -0.4 is 10.6 Å². The zero-order valence-corrected chi connectivity index (χ0v) is 14.7. The Morgan fingerprint density at radius 1 is 0.846 bits per heavy atom. The third-order valence-electron chi connectivity index (χ3n) is 3.83. The van der Waals surface area contributed by atoms with Gasteiger partial charge < -0.3 is 4.52 Å². The summed E-state index contributed by atoms with van der Waals surface area (Å²) in [5, 5.41) is 11.9. The third kappa shape index (κ3) is 3.58. The molecule has 0 N–H and O–H groups in total. The highest BCUT2D eigenvalue weighted by Gasteiger charge is 2.30. The fraction of sp³-hybridized carbons (Fsp3) is 0. The molecule has 0 heterocycles. The summed E-state index contributed by atoms with van der Waals surface area (Å²) in [7, 11) is -3.41. The predicted molar refractivity (Wildman–Crippen MR) is 103 cm³/mol. The molecule has 3 aromatic rings. The maximum atomic E-state index is 13.8. The fourth-order valence-electron chi connectivity index (χ4n) is 2.48. The third-order valence-corrected chi connectivity index (χ3v) is 6.26. The summed E-state index contributed by atoms with van der Waals surface area (Å²) in [4.78, 5) is 10.3. The summed E-state index contributed by atoms with van der Waals surface area (Å²) < 4.78 is 19.7. The molecule has 0 fully saturated rings. The van der Waals surface area contributed by atoms with Crippen molar-refractivity contribution in [3.63, 3.8) is 0 Å². The first-order valence-electron chi connectivity index (χ1n) is 7.85. The monoisotopic (exact) mass is 365 g/mol. The zero-order valence-electron chi connectivity index (χ0n) is 13.8. The standard InChI is InChI=1S/C20H16NO4P/c1-16(17-12-14-18(15-13-17)21(22)23)25-26(24,19-8-4-2-5-9-19)20-10-6-3-7-11-20/h2-15H,1H2. The average Bonchev–Trinajstić information content (AvgIpc) is 2.69. The van der Waals surface area contributed by atoms with E-state index in [1.165, 1.54) is 24.3 Å². The Morgan fingerprint density at radius 3 is 1.73 bits per heavy atom. The summed E-state index contributed by atoms with van der Waals surface area (Å²) in [6, 6.07) is 23.6. The van der Waals surface area contributed by atoms with Crippen molar-refractivity contribution in [1.82, 2.24) is 0 Å². The van der Waals surface area contributed by atoms with E-state index in [1.807, 2.05) is 12.1 Å². The molecule has 0 aliphatic carbocycles. The Kier molecular flexibility index (Phi) is 5.01. The van der Waals surface area contributed by atoms with Gasteiger partial charge in [0.25, 0.3) is 5.69 Å². The van der Waals surface area contributed by atoms with Crippen LogP contribution in [0.25, 0.3) is 5.76 Å². The molecule has 0 spiro atoms. The molecular weight excluding hydrogens is 349 g/mol. The van der Waals surface area contributed by atoms with E-state index in [9.17, 15) is 14.7 Å². The van der Waals surface area contributed by atoms with Crippen LogP contribution in [0.4, 0.5) is 5.69 Å². The first-order chi connectivity index (χ1) is 12.5. The van der Waals surface area contributed by atoms with Crippen LogP contribution in [0, 0.1) is 10.1 Å². The number of hydrogen-bond acceptors (Lipinski definition) is 4. The molecule has 3 aromatic carbocycles. The first-order valence-corrected chi connectivity index (χ1v) is 9.48. The summed E-state index contributed by atoms with van der Waals surface area (Å²) in [5.41, 5.74) is 0.499. The summed E-state index contributed by atoms with van der Waals surface area (Å²) >= 11 is 0. The average molecular weight is 365 g/mol. The molecule has 0 aliphatic heterocycles. The van der Waals surface area contributed by atoms with Gasteiger partial charge in [0, 0.05) is 17.7 Å². The van der Waals surface area contributed by atoms with Gasteiger partial charge in [0.15, 0.2) is 0 Å². The molecule has 0 radical (unpaired) electrons. The van der Waals surface area contributed by atoms with Gasteiger partial charge in [0.05, 0.1) is 15.5 Å². The van der Waals surface area contributed by atoms with E-state index in [-0.39, 0.29) is 11.4 Å². The van der Waals surface area contributed by atoms with Crippen molar-refractivity contribution in [2.45, 2.75) is 0 Å². The Hall–Kier alpha value is -3.17. The van der Waals surface area contributed by atoms with Crippen LogP contribution in [0.1, 0.15) is 5.56 Å². The van der Waals surface area contributed by atoms with Crippen molar-refractivity contribution in [2.75, 3.05) is 0 Å². The van der Waals surface area contributed by atoms with Gasteiger partial charge in [-0.25, -0.2) is 0 Å². The quantitative estimate of drug-likeness (QED) is 0.279. The Bertz CT molecular complexity index is 926. The highest BCUT2D eigenvalue weighted by molar-refractivity contribution is 7.74. The van der Waals surface area contributed by atoms with E-state index in [4.69, 9.17) is 4.52 Å². The van der Waals surface area contributed by atoms with Crippen LogP contribution in [-0.4, -0.2) is 4.92 Å². The molecule has 0 atom stereocenters. The van der Waals surface area contributed by atoms with Gasteiger partial charge in [-0.05, 0) is 36.4 Å². The van der Waals surface area contributed by atoms with Crippen LogP contribution in [0.2, 0.25) is 0 Å². The van der Waals surface area contributed by atoms with Crippen LogP contribution in [-0.2, 0) is 9.09 Å². The number of nitro groups is 1. The smallest absolute Gasteiger partial charge is 0.306 e. The molecule has 3 rings (SSSR count). The molecule has 0 aliphatic rings. The predicted octanol–water partition coefficient (Wildman–Crippen LogP) is 4.51. The number of nitrogens with zero attached hydrogens (tertiary/aromatic N) is 1. The van der Waals surface area contributed by atoms with Crippen LogP contribution >= 0.6 is 7.37 Å². The normalized spacial score (nSPS) is 10.9. The van der Waals surface area contributed by atoms with Crippen molar-refractivity contribution >= 4 is 29.4 Å². The highest BCUT2D eigenvalue weighted by Crippen LogP contribution is 2.48. The molecule has 0 saturated carbocycles. The minimum Gasteiger partial charge on any atom is -0.437 e. The highest BCUT2D eigenvalue weighted by atomic mass is 31.2. The lowest BCUT2D eigenvalue weighted by molar-refractivity contribution is -0.384. The van der Waals surface area contributed by atoms with Crippen LogP contribution in [0.5, 0.6) is 0 Å². The molecule has 0 unspecified atom stereocenters. The van der Waals surface area contributed by atoms with Gasteiger partial charge in [-0.15, -0.1) is 0 Å². The molecule has 130 valence electrons. The van der Waals surface area contributed by atoms with Gasteiger partial charge in [-0.2, -0.15) is 0 Å². The maximum absolute atomic E-state index is 13.8. The summed E-state index contributed by atoms with van der Waals surface area (Å²) in [5.74, 6) is 0.191.